The van der Waals surface area contributed by atoms with Crippen molar-refractivity contribution >= 4 is 34.1 Å². The van der Waals surface area contributed by atoms with Crippen LogP contribution in [0.5, 0.6) is 0 Å². The summed E-state index contributed by atoms with van der Waals surface area (Å²) in [6.45, 7) is 2.11. The van der Waals surface area contributed by atoms with E-state index in [0.717, 1.165) is 22.5 Å². The van der Waals surface area contributed by atoms with E-state index in [1.165, 1.54) is 16.6 Å². The van der Waals surface area contributed by atoms with E-state index >= 15 is 0 Å². The Bertz CT molecular complexity index is 1070. The molecule has 0 bridgehead atoms. The van der Waals surface area contributed by atoms with Gasteiger partial charge in [0.1, 0.15) is 0 Å². The van der Waals surface area contributed by atoms with E-state index < -0.39 is 0 Å². The molecule has 2 heterocycles. The third-order valence-corrected chi connectivity index (χ3v) is 4.59. The molecule has 5 nitrogen and oxygen atoms in total. The van der Waals surface area contributed by atoms with Gasteiger partial charge in [0.15, 0.2) is 0 Å². The molecular weight excluding hydrogens is 298 g/mol. The van der Waals surface area contributed by atoms with Gasteiger partial charge in [-0.05, 0) is 25.1 Å². The number of para-hydroxylation sites is 3. The molecule has 0 aliphatic heterocycles. The third-order valence-electron chi connectivity index (χ3n) is 4.59. The van der Waals surface area contributed by atoms with Crippen molar-refractivity contribution in [2.24, 2.45) is 19.2 Å². The summed E-state index contributed by atoms with van der Waals surface area (Å²) in [7, 11) is 4.06. The maximum Gasteiger partial charge on any atom is 0.224 e. The number of hydrazone groups is 1. The van der Waals surface area contributed by atoms with Crippen molar-refractivity contribution in [1.29, 1.82) is 0 Å². The lowest BCUT2D eigenvalue weighted by molar-refractivity contribution is 0.916. The van der Waals surface area contributed by atoms with Gasteiger partial charge in [-0.25, -0.2) is 10.4 Å². The molecule has 0 spiro atoms. The Morgan fingerprint density at radius 2 is 1.67 bits per heavy atom. The van der Waals surface area contributed by atoms with Gasteiger partial charge in [-0.15, -0.1) is 0 Å². The first kappa shape index (κ1) is 14.5. The van der Waals surface area contributed by atoms with E-state index in [2.05, 4.69) is 58.3 Å². The fourth-order valence-corrected chi connectivity index (χ4v) is 3.11. The van der Waals surface area contributed by atoms with Crippen molar-refractivity contribution in [3.05, 3.63) is 59.8 Å². The average Bonchev–Trinajstić information content (AvgIpc) is 3.05. The largest absolute Gasteiger partial charge is 0.347 e. The highest BCUT2D eigenvalue weighted by Crippen LogP contribution is 2.23. The van der Waals surface area contributed by atoms with Gasteiger partial charge in [0.05, 0.1) is 17.2 Å². The third kappa shape index (κ3) is 2.17. The van der Waals surface area contributed by atoms with E-state index in [9.17, 15) is 0 Å². The lowest BCUT2D eigenvalue weighted by Gasteiger charge is -2.01. The van der Waals surface area contributed by atoms with E-state index in [1.807, 2.05) is 42.1 Å². The van der Waals surface area contributed by atoms with E-state index in [4.69, 9.17) is 0 Å². The molecule has 2 aromatic heterocycles. The maximum atomic E-state index is 4.57. The average molecular weight is 317 g/mol. The molecule has 1 N–H and O–H groups in total. The van der Waals surface area contributed by atoms with Crippen molar-refractivity contribution in [3.63, 3.8) is 0 Å². The molecular formula is C19H19N5. The number of imidazole rings is 1. The zero-order chi connectivity index (χ0) is 16.7. The zero-order valence-electron chi connectivity index (χ0n) is 14.0. The first-order valence-corrected chi connectivity index (χ1v) is 7.91. The minimum atomic E-state index is 0.727. The molecule has 0 fully saturated rings. The van der Waals surface area contributed by atoms with Crippen LogP contribution in [0.3, 0.4) is 0 Å². The molecule has 0 aliphatic carbocycles. The summed E-state index contributed by atoms with van der Waals surface area (Å²) in [5, 5.41) is 5.62. The van der Waals surface area contributed by atoms with Crippen LogP contribution in [0.15, 0.2) is 53.6 Å². The van der Waals surface area contributed by atoms with Gasteiger partial charge in [-0.3, -0.25) is 0 Å². The van der Waals surface area contributed by atoms with Gasteiger partial charge in [0.25, 0.3) is 0 Å². The zero-order valence-corrected chi connectivity index (χ0v) is 14.0. The van der Waals surface area contributed by atoms with Crippen molar-refractivity contribution in [2.45, 2.75) is 6.92 Å². The number of aryl methyl sites for hydroxylation is 2. The quantitative estimate of drug-likeness (QED) is 0.461. The lowest BCUT2D eigenvalue weighted by atomic mass is 10.1. The molecule has 0 saturated carbocycles. The number of benzene rings is 2. The van der Waals surface area contributed by atoms with Crippen molar-refractivity contribution in [1.82, 2.24) is 14.1 Å². The molecule has 120 valence electrons. The number of rotatable bonds is 3. The Balaban J connectivity index is 1.68. The maximum absolute atomic E-state index is 4.57. The summed E-state index contributed by atoms with van der Waals surface area (Å²) in [4.78, 5) is 4.57. The fourth-order valence-electron chi connectivity index (χ4n) is 3.11. The monoisotopic (exact) mass is 317 g/mol. The molecule has 0 amide bonds. The number of anilines is 1. The second kappa shape index (κ2) is 5.53. The minimum Gasteiger partial charge on any atom is -0.347 e. The predicted molar refractivity (Wildman–Crippen MR) is 99.6 cm³/mol. The molecule has 0 saturated heterocycles. The van der Waals surface area contributed by atoms with Crippen molar-refractivity contribution in [3.8, 4) is 0 Å². The minimum absolute atomic E-state index is 0.727. The normalized spacial score (nSPS) is 11.8. The van der Waals surface area contributed by atoms with Crippen LogP contribution < -0.4 is 5.43 Å². The smallest absolute Gasteiger partial charge is 0.224 e. The Morgan fingerprint density at radius 1 is 0.958 bits per heavy atom. The first-order chi connectivity index (χ1) is 11.7. The molecule has 0 aliphatic rings. The van der Waals surface area contributed by atoms with Gasteiger partial charge in [0.2, 0.25) is 5.95 Å². The number of hydrogen-bond acceptors (Lipinski definition) is 3. The molecule has 24 heavy (non-hydrogen) atoms. The predicted octanol–water partition coefficient (Wildman–Crippen LogP) is 3.82. The van der Waals surface area contributed by atoms with E-state index in [0.29, 0.717) is 0 Å². The van der Waals surface area contributed by atoms with Crippen LogP contribution in [0, 0.1) is 6.92 Å². The van der Waals surface area contributed by atoms with Crippen LogP contribution >= 0.6 is 0 Å². The fraction of sp³-hybridized carbons (Fsp3) is 0.158. The number of nitrogens with zero attached hydrogens (tertiary/aromatic N) is 4. The highest BCUT2D eigenvalue weighted by Gasteiger charge is 2.10. The summed E-state index contributed by atoms with van der Waals surface area (Å²) in [6.07, 6.45) is 1.87. The summed E-state index contributed by atoms with van der Waals surface area (Å²) in [5.74, 6) is 0.727. The van der Waals surface area contributed by atoms with Gasteiger partial charge in [-0.1, -0.05) is 30.3 Å². The van der Waals surface area contributed by atoms with Crippen LogP contribution in [0.1, 0.15) is 11.3 Å². The van der Waals surface area contributed by atoms with Crippen LogP contribution in [-0.4, -0.2) is 20.3 Å². The van der Waals surface area contributed by atoms with Crippen LogP contribution in [0.25, 0.3) is 21.9 Å². The summed E-state index contributed by atoms with van der Waals surface area (Å²) in [6, 6.07) is 16.4. The van der Waals surface area contributed by atoms with Crippen molar-refractivity contribution < 1.29 is 0 Å². The van der Waals surface area contributed by atoms with Crippen molar-refractivity contribution in [2.75, 3.05) is 5.43 Å². The molecule has 0 radical (unpaired) electrons. The van der Waals surface area contributed by atoms with E-state index in [1.54, 1.807) is 0 Å². The first-order valence-electron chi connectivity index (χ1n) is 7.91. The highest BCUT2D eigenvalue weighted by atomic mass is 15.4. The summed E-state index contributed by atoms with van der Waals surface area (Å²) < 4.78 is 4.19. The van der Waals surface area contributed by atoms with Crippen LogP contribution in [0.4, 0.5) is 5.95 Å². The Morgan fingerprint density at radius 3 is 2.46 bits per heavy atom. The van der Waals surface area contributed by atoms with Gasteiger partial charge >= 0.3 is 0 Å². The highest BCUT2D eigenvalue weighted by molar-refractivity contribution is 6.01. The number of fused-ring (bicyclic) bond motifs is 2. The Kier molecular flexibility index (Phi) is 3.34. The lowest BCUT2D eigenvalue weighted by Crippen LogP contribution is -1.99. The molecule has 4 aromatic rings. The van der Waals surface area contributed by atoms with E-state index in [-0.39, 0.29) is 0 Å². The standard InChI is InChI=1S/C19H19N5/c1-13-15(14-8-4-6-10-17(14)23(13)2)12-20-22-19-21-16-9-5-7-11-18(16)24(19)3/h4-12H,1-3H3,(H,21,22)/b20-12-. The molecule has 0 atom stereocenters. The Labute approximate surface area is 140 Å². The molecule has 0 unspecified atom stereocenters. The molecule has 5 heteroatoms. The molecule has 4 rings (SSSR count). The summed E-state index contributed by atoms with van der Waals surface area (Å²) in [5.41, 5.74) is 8.62. The van der Waals surface area contributed by atoms with Crippen LogP contribution in [0.2, 0.25) is 0 Å². The SMILES string of the molecule is Cc1c(/C=N\Nc2nc3ccccc3n2C)c2ccccc2n1C. The second-order valence-electron chi connectivity index (χ2n) is 5.93. The number of aromatic nitrogens is 3. The second-order valence-corrected chi connectivity index (χ2v) is 5.93. The Hall–Kier alpha value is -3.08. The summed E-state index contributed by atoms with van der Waals surface area (Å²) >= 11 is 0. The van der Waals surface area contributed by atoms with Gasteiger partial charge in [-0.2, -0.15) is 5.10 Å². The van der Waals surface area contributed by atoms with Gasteiger partial charge < -0.3 is 9.13 Å². The van der Waals surface area contributed by atoms with Crippen LogP contribution in [-0.2, 0) is 14.1 Å². The molecule has 2 aromatic carbocycles. The topological polar surface area (TPSA) is 47.1 Å². The number of nitrogens with one attached hydrogen (secondary N) is 1. The van der Waals surface area contributed by atoms with Gasteiger partial charge in [0, 0.05) is 36.3 Å². The number of hydrogen-bond donors (Lipinski definition) is 1.